The quantitative estimate of drug-likeness (QED) is 0.749. The van der Waals surface area contributed by atoms with Gasteiger partial charge in [0.1, 0.15) is 5.60 Å². The Balaban J connectivity index is 2.12. The Morgan fingerprint density at radius 3 is 1.93 bits per heavy atom. The third-order valence-electron chi connectivity index (χ3n) is 4.69. The van der Waals surface area contributed by atoms with Gasteiger partial charge in [-0.05, 0) is 45.7 Å². The first-order valence-corrected chi connectivity index (χ1v) is 9.21. The van der Waals surface area contributed by atoms with Crippen LogP contribution in [0.1, 0.15) is 68.2 Å². The number of nitrogens with zero attached hydrogens (tertiary/aromatic N) is 1. The number of hydroxylamine groups is 2. The van der Waals surface area contributed by atoms with Crippen LogP contribution in [0, 0.1) is 5.41 Å². The lowest BCUT2D eigenvalue weighted by molar-refractivity contribution is -0.181. The number of carbonyl (C=O) groups excluding carboxylic acids is 4. The summed E-state index contributed by atoms with van der Waals surface area (Å²) in [6.45, 7) is 8.69. The highest BCUT2D eigenvalue weighted by molar-refractivity contribution is 6.20. The number of ether oxygens (including phenoxy) is 1. The highest BCUT2D eigenvalue weighted by Crippen LogP contribution is 2.30. The van der Waals surface area contributed by atoms with Gasteiger partial charge in [-0.15, -0.1) is 0 Å². The van der Waals surface area contributed by atoms with Crippen LogP contribution in [0.5, 0.6) is 0 Å². The molecule has 1 aliphatic rings. The second-order valence-electron chi connectivity index (χ2n) is 7.67. The van der Waals surface area contributed by atoms with Crippen LogP contribution in [-0.2, 0) is 14.4 Å². The van der Waals surface area contributed by atoms with Crippen molar-refractivity contribution in [3.8, 4) is 0 Å². The number of alkyl carbamates (subject to hydrolysis) is 1. The summed E-state index contributed by atoms with van der Waals surface area (Å²) in [4.78, 5) is 54.8. The molecule has 0 fully saturated rings. The largest absolute Gasteiger partial charge is 0.444 e. The smallest absolute Gasteiger partial charge is 0.407 e. The van der Waals surface area contributed by atoms with Crippen LogP contribution < -0.4 is 5.32 Å². The van der Waals surface area contributed by atoms with Crippen molar-refractivity contribution in [2.24, 2.45) is 5.41 Å². The molecule has 152 valence electrons. The molecule has 0 aromatic heterocycles. The Labute approximate surface area is 164 Å². The molecular weight excluding hydrogens is 364 g/mol. The first-order valence-electron chi connectivity index (χ1n) is 9.21. The number of nitrogens with one attached hydrogen (secondary N) is 1. The minimum absolute atomic E-state index is 0.0447. The molecule has 0 unspecified atom stereocenters. The number of amides is 3. The first-order chi connectivity index (χ1) is 13.0. The molecule has 0 spiro atoms. The number of hydrogen-bond acceptors (Lipinski definition) is 6. The van der Waals surface area contributed by atoms with Gasteiger partial charge in [0.25, 0.3) is 11.8 Å². The lowest BCUT2D eigenvalue weighted by atomic mass is 9.82. The first kappa shape index (κ1) is 21.4. The van der Waals surface area contributed by atoms with Crippen LogP contribution in [-0.4, -0.2) is 41.1 Å². The van der Waals surface area contributed by atoms with Crippen molar-refractivity contribution in [3.63, 3.8) is 0 Å². The van der Waals surface area contributed by atoms with Crippen LogP contribution in [0.4, 0.5) is 4.79 Å². The van der Waals surface area contributed by atoms with E-state index in [1.54, 1.807) is 46.8 Å². The van der Waals surface area contributed by atoms with Gasteiger partial charge in [0.15, 0.2) is 0 Å². The van der Waals surface area contributed by atoms with E-state index in [4.69, 9.17) is 9.57 Å². The monoisotopic (exact) mass is 390 g/mol. The van der Waals surface area contributed by atoms with E-state index < -0.39 is 34.9 Å². The maximum absolute atomic E-state index is 12.9. The van der Waals surface area contributed by atoms with E-state index in [2.05, 4.69) is 5.32 Å². The van der Waals surface area contributed by atoms with E-state index in [1.165, 1.54) is 12.1 Å². The predicted octanol–water partition coefficient (Wildman–Crippen LogP) is 3.07. The minimum atomic E-state index is -1.10. The Morgan fingerprint density at radius 1 is 1.00 bits per heavy atom. The average Bonchev–Trinajstić information content (AvgIpc) is 2.87. The van der Waals surface area contributed by atoms with Gasteiger partial charge >= 0.3 is 12.1 Å². The fourth-order valence-electron chi connectivity index (χ4n) is 2.85. The molecule has 1 aromatic carbocycles. The van der Waals surface area contributed by atoms with Crippen molar-refractivity contribution in [1.29, 1.82) is 0 Å². The zero-order valence-corrected chi connectivity index (χ0v) is 16.8. The summed E-state index contributed by atoms with van der Waals surface area (Å²) >= 11 is 0. The summed E-state index contributed by atoms with van der Waals surface area (Å²) in [5.74, 6) is -2.13. The summed E-state index contributed by atoms with van der Waals surface area (Å²) in [7, 11) is 0. The zero-order chi connectivity index (χ0) is 21.1. The van der Waals surface area contributed by atoms with E-state index in [-0.39, 0.29) is 17.7 Å². The van der Waals surface area contributed by atoms with E-state index in [9.17, 15) is 19.2 Å². The van der Waals surface area contributed by atoms with E-state index in [0.29, 0.717) is 17.9 Å². The van der Waals surface area contributed by atoms with Crippen LogP contribution in [0.3, 0.4) is 0 Å². The number of hydrogen-bond donors (Lipinski definition) is 1. The molecule has 0 radical (unpaired) electrons. The number of benzene rings is 1. The number of imide groups is 1. The second kappa shape index (κ2) is 8.00. The Bertz CT molecular complexity index is 757. The van der Waals surface area contributed by atoms with Gasteiger partial charge < -0.3 is 14.9 Å². The highest BCUT2D eigenvalue weighted by Gasteiger charge is 2.44. The molecule has 0 saturated carbocycles. The number of carbonyl (C=O) groups is 4. The molecule has 1 aliphatic heterocycles. The van der Waals surface area contributed by atoms with Crippen LogP contribution >= 0.6 is 0 Å². The summed E-state index contributed by atoms with van der Waals surface area (Å²) in [5, 5.41) is 3.06. The van der Waals surface area contributed by atoms with Crippen LogP contribution in [0.15, 0.2) is 24.3 Å². The maximum atomic E-state index is 12.9. The van der Waals surface area contributed by atoms with Crippen molar-refractivity contribution in [2.45, 2.75) is 53.1 Å². The summed E-state index contributed by atoms with van der Waals surface area (Å²) < 4.78 is 5.19. The van der Waals surface area contributed by atoms with Gasteiger partial charge in [-0.2, -0.15) is 0 Å². The summed E-state index contributed by atoms with van der Waals surface area (Å²) in [6.07, 6.45) is 0.00934. The SMILES string of the molecule is CCC(CC)(CNC(=O)OC(C)(C)C)C(=O)ON1C(=O)c2ccccc2C1=O. The normalized spacial score (nSPS) is 14.0. The van der Waals surface area contributed by atoms with Crippen molar-refractivity contribution >= 4 is 23.9 Å². The van der Waals surface area contributed by atoms with E-state index >= 15 is 0 Å². The molecule has 8 nitrogen and oxygen atoms in total. The average molecular weight is 390 g/mol. The fourth-order valence-corrected chi connectivity index (χ4v) is 2.85. The van der Waals surface area contributed by atoms with Crippen molar-refractivity contribution in [1.82, 2.24) is 10.4 Å². The van der Waals surface area contributed by atoms with Gasteiger partial charge in [-0.3, -0.25) is 9.59 Å². The van der Waals surface area contributed by atoms with Crippen molar-refractivity contribution in [2.75, 3.05) is 6.54 Å². The third-order valence-corrected chi connectivity index (χ3v) is 4.69. The number of fused-ring (bicyclic) bond motifs is 1. The Hall–Kier alpha value is -2.90. The molecule has 1 heterocycles. The second-order valence-corrected chi connectivity index (χ2v) is 7.67. The third kappa shape index (κ3) is 4.32. The zero-order valence-electron chi connectivity index (χ0n) is 16.8. The molecule has 2 rings (SSSR count). The Morgan fingerprint density at radius 2 is 1.50 bits per heavy atom. The molecular formula is C20H26N2O6. The van der Waals surface area contributed by atoms with E-state index in [0.717, 1.165) is 0 Å². The molecule has 1 aromatic rings. The predicted molar refractivity (Wildman–Crippen MR) is 100 cm³/mol. The van der Waals surface area contributed by atoms with Crippen LogP contribution in [0.25, 0.3) is 0 Å². The molecule has 3 amide bonds. The van der Waals surface area contributed by atoms with Gasteiger partial charge in [0.2, 0.25) is 0 Å². The van der Waals surface area contributed by atoms with Crippen molar-refractivity contribution < 1.29 is 28.8 Å². The summed E-state index contributed by atoms with van der Waals surface area (Å²) in [5.41, 5.74) is -1.41. The van der Waals surface area contributed by atoms with E-state index in [1.807, 2.05) is 0 Å². The topological polar surface area (TPSA) is 102 Å². The van der Waals surface area contributed by atoms with Gasteiger partial charge in [-0.1, -0.05) is 31.0 Å². The molecule has 0 saturated heterocycles. The number of rotatable bonds is 6. The van der Waals surface area contributed by atoms with Gasteiger partial charge in [0, 0.05) is 6.54 Å². The Kier molecular flexibility index (Phi) is 6.11. The lowest BCUT2D eigenvalue weighted by Gasteiger charge is -2.30. The standard InChI is InChI=1S/C20H26N2O6/c1-6-20(7-2,12-21-18(26)27-19(3,4)5)17(25)28-22-15(23)13-10-8-9-11-14(13)16(22)24/h8-11H,6-7,12H2,1-5H3,(H,21,26). The lowest BCUT2D eigenvalue weighted by Crippen LogP contribution is -2.47. The fraction of sp³-hybridized carbons (Fsp3) is 0.500. The highest BCUT2D eigenvalue weighted by atomic mass is 16.7. The van der Waals surface area contributed by atoms with Crippen LogP contribution in [0.2, 0.25) is 0 Å². The van der Waals surface area contributed by atoms with Crippen molar-refractivity contribution in [3.05, 3.63) is 35.4 Å². The molecule has 28 heavy (non-hydrogen) atoms. The van der Waals surface area contributed by atoms with Gasteiger partial charge in [0.05, 0.1) is 16.5 Å². The maximum Gasteiger partial charge on any atom is 0.407 e. The molecule has 8 heteroatoms. The minimum Gasteiger partial charge on any atom is -0.444 e. The molecule has 0 bridgehead atoms. The molecule has 0 aliphatic carbocycles. The molecule has 1 N–H and O–H groups in total. The summed E-state index contributed by atoms with van der Waals surface area (Å²) in [6, 6.07) is 6.26. The molecule has 0 atom stereocenters. The van der Waals surface area contributed by atoms with Gasteiger partial charge in [-0.25, -0.2) is 9.59 Å².